The van der Waals surface area contributed by atoms with Crippen LogP contribution in [0.2, 0.25) is 0 Å². The molecule has 9 nitrogen and oxygen atoms in total. The minimum Gasteiger partial charge on any atom is -0.508 e. The van der Waals surface area contributed by atoms with Gasteiger partial charge in [-0.2, -0.15) is 0 Å². The van der Waals surface area contributed by atoms with Gasteiger partial charge >= 0.3 is 6.03 Å². The summed E-state index contributed by atoms with van der Waals surface area (Å²) < 4.78 is 0.911. The Bertz CT molecular complexity index is 1420. The van der Waals surface area contributed by atoms with E-state index in [2.05, 4.69) is 28.2 Å². The normalized spacial score (nSPS) is 19.0. The monoisotopic (exact) mass is 647 g/mol. The van der Waals surface area contributed by atoms with Crippen LogP contribution < -0.4 is 5.32 Å². The number of urea groups is 1. The molecule has 0 spiro atoms. The number of benzene rings is 3. The molecular formula is C33H38BrN5O4. The number of nitrogens with zero attached hydrogens (tertiary/aromatic N) is 4. The average Bonchev–Trinajstić information content (AvgIpc) is 3.00. The van der Waals surface area contributed by atoms with E-state index in [1.165, 1.54) is 0 Å². The SMILES string of the molecule is CCCCCN1CC(=O)N2C(Cc3ccc(O)cc3)C(=O)N(Cc3cccc(Br)c3)CC2N1C(=O)NCc1ccccc1. The van der Waals surface area contributed by atoms with E-state index in [0.717, 1.165) is 40.4 Å². The molecule has 0 aromatic heterocycles. The van der Waals surface area contributed by atoms with Gasteiger partial charge in [-0.3, -0.25) is 9.59 Å². The Morgan fingerprint density at radius 1 is 0.953 bits per heavy atom. The van der Waals surface area contributed by atoms with Gasteiger partial charge in [-0.25, -0.2) is 14.8 Å². The Balaban J connectivity index is 1.49. The second kappa shape index (κ2) is 14.1. The van der Waals surface area contributed by atoms with Crippen LogP contribution in [0.15, 0.2) is 83.3 Å². The molecule has 2 unspecified atom stereocenters. The maximum absolute atomic E-state index is 14.1. The molecule has 2 aliphatic rings. The first-order chi connectivity index (χ1) is 20.8. The Morgan fingerprint density at radius 3 is 2.42 bits per heavy atom. The van der Waals surface area contributed by atoms with Crippen LogP contribution in [0.3, 0.4) is 0 Å². The zero-order valence-corrected chi connectivity index (χ0v) is 25.9. The van der Waals surface area contributed by atoms with Gasteiger partial charge in [0.15, 0.2) is 0 Å². The van der Waals surface area contributed by atoms with E-state index >= 15 is 0 Å². The largest absolute Gasteiger partial charge is 0.508 e. The predicted octanol–water partition coefficient (Wildman–Crippen LogP) is 4.90. The summed E-state index contributed by atoms with van der Waals surface area (Å²) in [6, 6.07) is 23.1. The van der Waals surface area contributed by atoms with Gasteiger partial charge in [-0.1, -0.05) is 90.3 Å². The van der Waals surface area contributed by atoms with E-state index in [1.54, 1.807) is 39.1 Å². The van der Waals surface area contributed by atoms with Gasteiger partial charge in [0.25, 0.3) is 0 Å². The third kappa shape index (κ3) is 7.37. The number of amides is 4. The molecular weight excluding hydrogens is 610 g/mol. The van der Waals surface area contributed by atoms with Crippen molar-refractivity contribution in [1.82, 2.24) is 25.1 Å². The Kier molecular flexibility index (Phi) is 9.99. The number of rotatable bonds is 10. The fourth-order valence-corrected chi connectivity index (χ4v) is 6.29. The number of aromatic hydroxyl groups is 1. The van der Waals surface area contributed by atoms with Crippen molar-refractivity contribution < 1.29 is 19.5 Å². The van der Waals surface area contributed by atoms with Crippen LogP contribution in [0.25, 0.3) is 0 Å². The Labute approximate surface area is 261 Å². The number of piperazine rings is 1. The second-order valence-electron chi connectivity index (χ2n) is 11.1. The van der Waals surface area contributed by atoms with E-state index in [0.29, 0.717) is 19.6 Å². The predicted molar refractivity (Wildman–Crippen MR) is 167 cm³/mol. The molecule has 2 heterocycles. The number of unbranched alkanes of at least 4 members (excludes halogenated alkanes) is 2. The number of hydrogen-bond acceptors (Lipinski definition) is 5. The molecule has 2 saturated heterocycles. The molecule has 10 heteroatoms. The quantitative estimate of drug-likeness (QED) is 0.305. The highest BCUT2D eigenvalue weighted by atomic mass is 79.9. The zero-order valence-electron chi connectivity index (χ0n) is 24.4. The molecule has 43 heavy (non-hydrogen) atoms. The molecule has 2 N–H and O–H groups in total. The van der Waals surface area contributed by atoms with Crippen molar-refractivity contribution in [1.29, 1.82) is 0 Å². The lowest BCUT2D eigenvalue weighted by molar-refractivity contribution is -0.191. The highest BCUT2D eigenvalue weighted by Crippen LogP contribution is 2.30. The molecule has 2 fully saturated rings. The lowest BCUT2D eigenvalue weighted by Crippen LogP contribution is -2.76. The lowest BCUT2D eigenvalue weighted by Gasteiger charge is -2.55. The summed E-state index contributed by atoms with van der Waals surface area (Å²) in [6.07, 6.45) is 2.43. The van der Waals surface area contributed by atoms with Gasteiger partial charge in [0.05, 0.1) is 13.1 Å². The molecule has 226 valence electrons. The van der Waals surface area contributed by atoms with E-state index in [4.69, 9.17) is 0 Å². The van der Waals surface area contributed by atoms with Crippen LogP contribution in [0.1, 0.15) is 42.9 Å². The van der Waals surface area contributed by atoms with Crippen molar-refractivity contribution in [2.75, 3.05) is 19.6 Å². The van der Waals surface area contributed by atoms with E-state index in [-0.39, 0.29) is 43.1 Å². The lowest BCUT2D eigenvalue weighted by atomic mass is 9.98. The first-order valence-electron chi connectivity index (χ1n) is 14.8. The number of carbonyl (C=O) groups excluding carboxylic acids is 3. The molecule has 3 aromatic rings. The van der Waals surface area contributed by atoms with Gasteiger partial charge in [0.2, 0.25) is 11.8 Å². The van der Waals surface area contributed by atoms with Crippen LogP contribution in [-0.4, -0.2) is 74.6 Å². The van der Waals surface area contributed by atoms with Crippen molar-refractivity contribution in [2.45, 2.75) is 57.9 Å². The van der Waals surface area contributed by atoms with Crippen molar-refractivity contribution >= 4 is 33.8 Å². The van der Waals surface area contributed by atoms with Crippen molar-refractivity contribution in [2.24, 2.45) is 0 Å². The second-order valence-corrected chi connectivity index (χ2v) is 12.0. The summed E-state index contributed by atoms with van der Waals surface area (Å²) in [5.41, 5.74) is 2.73. The number of phenols is 1. The molecule has 0 radical (unpaired) electrons. The molecule has 0 saturated carbocycles. The highest BCUT2D eigenvalue weighted by Gasteiger charge is 2.51. The molecule has 2 aliphatic heterocycles. The molecule has 5 rings (SSSR count). The first kappa shape index (κ1) is 30.6. The first-order valence-corrected chi connectivity index (χ1v) is 15.6. The van der Waals surface area contributed by atoms with Gasteiger partial charge < -0.3 is 20.2 Å². The van der Waals surface area contributed by atoms with Crippen molar-refractivity contribution in [3.05, 3.63) is 100 Å². The highest BCUT2D eigenvalue weighted by molar-refractivity contribution is 9.10. The summed E-state index contributed by atoms with van der Waals surface area (Å²) >= 11 is 3.53. The van der Waals surface area contributed by atoms with E-state index in [1.807, 2.05) is 59.6 Å². The third-order valence-corrected chi connectivity index (χ3v) is 8.47. The van der Waals surface area contributed by atoms with Gasteiger partial charge in [-0.05, 0) is 47.4 Å². The summed E-state index contributed by atoms with van der Waals surface area (Å²) in [5, 5.41) is 16.4. The number of hydrazine groups is 1. The summed E-state index contributed by atoms with van der Waals surface area (Å²) in [6.45, 7) is 3.57. The zero-order chi connectivity index (χ0) is 30.3. The van der Waals surface area contributed by atoms with Crippen LogP contribution >= 0.6 is 15.9 Å². The van der Waals surface area contributed by atoms with Crippen LogP contribution in [-0.2, 0) is 29.1 Å². The molecule has 0 bridgehead atoms. The standard InChI is InChI=1S/C33H38BrN5O4/c1-2-3-7-17-37-23-31(41)38-29(19-24-13-15-28(40)16-14-24)32(42)36(21-26-11-8-12-27(34)18-26)22-30(38)39(37)33(43)35-20-25-9-5-4-6-10-25/h4-6,8-16,18,29-30,40H,2-3,7,17,19-23H2,1H3,(H,35,43). The number of halogens is 1. The summed E-state index contributed by atoms with van der Waals surface area (Å²) in [4.78, 5) is 45.3. The number of hydrogen-bond donors (Lipinski definition) is 2. The molecule has 0 aliphatic carbocycles. The topological polar surface area (TPSA) is 96.4 Å². The minimum absolute atomic E-state index is 0.0178. The van der Waals surface area contributed by atoms with Gasteiger partial charge in [0.1, 0.15) is 18.0 Å². The van der Waals surface area contributed by atoms with Crippen molar-refractivity contribution in [3.63, 3.8) is 0 Å². The summed E-state index contributed by atoms with van der Waals surface area (Å²) in [5.74, 6) is -0.208. The van der Waals surface area contributed by atoms with Crippen LogP contribution in [0.5, 0.6) is 5.75 Å². The van der Waals surface area contributed by atoms with Crippen LogP contribution in [0.4, 0.5) is 4.79 Å². The molecule has 3 aromatic carbocycles. The maximum atomic E-state index is 14.1. The van der Waals surface area contributed by atoms with Crippen LogP contribution in [0, 0.1) is 0 Å². The van der Waals surface area contributed by atoms with Crippen molar-refractivity contribution in [3.8, 4) is 5.75 Å². The van der Waals surface area contributed by atoms with Gasteiger partial charge in [0, 0.05) is 30.5 Å². The molecule has 2 atom stereocenters. The van der Waals surface area contributed by atoms with E-state index in [9.17, 15) is 19.5 Å². The fraction of sp³-hybridized carbons (Fsp3) is 0.364. The maximum Gasteiger partial charge on any atom is 0.334 e. The third-order valence-electron chi connectivity index (χ3n) is 7.97. The van der Waals surface area contributed by atoms with Gasteiger partial charge in [-0.15, -0.1) is 0 Å². The Morgan fingerprint density at radius 2 is 1.70 bits per heavy atom. The number of phenolic OH excluding ortho intramolecular Hbond substituents is 1. The summed E-state index contributed by atoms with van der Waals surface area (Å²) in [7, 11) is 0. The number of nitrogens with one attached hydrogen (secondary N) is 1. The molecule has 4 amide bonds. The Hall–Kier alpha value is -3.89. The number of carbonyl (C=O) groups is 3. The number of fused-ring (bicyclic) bond motifs is 1. The fourth-order valence-electron chi connectivity index (χ4n) is 5.84. The smallest absolute Gasteiger partial charge is 0.334 e. The van der Waals surface area contributed by atoms with E-state index < -0.39 is 12.2 Å². The minimum atomic E-state index is -0.801. The average molecular weight is 649 g/mol.